The van der Waals surface area contributed by atoms with E-state index in [9.17, 15) is 4.79 Å². The highest BCUT2D eigenvalue weighted by molar-refractivity contribution is 5.85. The highest BCUT2D eigenvalue weighted by Crippen LogP contribution is 2.38. The van der Waals surface area contributed by atoms with Gasteiger partial charge in [-0.2, -0.15) is 0 Å². The predicted molar refractivity (Wildman–Crippen MR) is 81.0 cm³/mol. The van der Waals surface area contributed by atoms with Gasteiger partial charge in [0, 0.05) is 55.6 Å². The van der Waals surface area contributed by atoms with Gasteiger partial charge in [0.15, 0.2) is 0 Å². The molecule has 1 spiro atoms. The van der Waals surface area contributed by atoms with E-state index in [1.807, 2.05) is 21.7 Å². The molecular formula is C16H20N4O. The SMILES string of the molecule is Cc1cn(CC(=O)N2CC3(CN(C)C3)C2)c2ccncc12. The summed E-state index contributed by atoms with van der Waals surface area (Å²) in [5.74, 6) is 0.226. The molecule has 2 aromatic heterocycles. The van der Waals surface area contributed by atoms with Gasteiger partial charge in [-0.15, -0.1) is 0 Å². The van der Waals surface area contributed by atoms with Gasteiger partial charge in [0.1, 0.15) is 6.54 Å². The molecule has 0 N–H and O–H groups in total. The van der Waals surface area contributed by atoms with Crippen molar-refractivity contribution in [2.75, 3.05) is 33.2 Å². The number of aryl methyl sites for hydroxylation is 1. The first-order valence-corrected chi connectivity index (χ1v) is 7.42. The van der Waals surface area contributed by atoms with Gasteiger partial charge in [-0.25, -0.2) is 0 Å². The van der Waals surface area contributed by atoms with Crippen LogP contribution in [0.4, 0.5) is 0 Å². The zero-order valence-corrected chi connectivity index (χ0v) is 12.5. The Bertz CT molecular complexity index is 706. The van der Waals surface area contributed by atoms with E-state index in [-0.39, 0.29) is 5.91 Å². The van der Waals surface area contributed by atoms with Crippen LogP contribution >= 0.6 is 0 Å². The second kappa shape index (κ2) is 4.31. The van der Waals surface area contributed by atoms with Crippen molar-refractivity contribution in [1.29, 1.82) is 0 Å². The molecule has 21 heavy (non-hydrogen) atoms. The number of hydrogen-bond acceptors (Lipinski definition) is 3. The fourth-order valence-corrected chi connectivity index (χ4v) is 3.93. The number of likely N-dealkylation sites (tertiary alicyclic amines) is 2. The highest BCUT2D eigenvalue weighted by atomic mass is 16.2. The van der Waals surface area contributed by atoms with Gasteiger partial charge in [0.2, 0.25) is 5.91 Å². The van der Waals surface area contributed by atoms with Crippen LogP contribution in [-0.4, -0.2) is 58.5 Å². The molecule has 2 aromatic rings. The summed E-state index contributed by atoms with van der Waals surface area (Å²) in [6.07, 6.45) is 5.71. The quantitative estimate of drug-likeness (QED) is 0.830. The van der Waals surface area contributed by atoms with Crippen molar-refractivity contribution in [2.24, 2.45) is 5.41 Å². The molecular weight excluding hydrogens is 264 g/mol. The number of nitrogens with zero attached hydrogens (tertiary/aromatic N) is 4. The third-order valence-corrected chi connectivity index (χ3v) is 4.80. The van der Waals surface area contributed by atoms with Crippen molar-refractivity contribution in [1.82, 2.24) is 19.4 Å². The van der Waals surface area contributed by atoms with E-state index in [4.69, 9.17) is 0 Å². The first-order valence-electron chi connectivity index (χ1n) is 7.42. The van der Waals surface area contributed by atoms with Gasteiger partial charge in [-0.3, -0.25) is 9.78 Å². The van der Waals surface area contributed by atoms with E-state index in [0.29, 0.717) is 12.0 Å². The number of amides is 1. The minimum Gasteiger partial charge on any atom is -0.340 e. The summed E-state index contributed by atoms with van der Waals surface area (Å²) in [4.78, 5) is 20.9. The Kier molecular flexibility index (Phi) is 2.63. The van der Waals surface area contributed by atoms with Crippen LogP contribution in [0.3, 0.4) is 0 Å². The zero-order valence-electron chi connectivity index (χ0n) is 12.5. The topological polar surface area (TPSA) is 41.4 Å². The molecule has 0 bridgehead atoms. The molecule has 0 radical (unpaired) electrons. The fraction of sp³-hybridized carbons (Fsp3) is 0.500. The average molecular weight is 284 g/mol. The molecule has 5 heteroatoms. The molecule has 0 aromatic carbocycles. The molecule has 5 nitrogen and oxygen atoms in total. The lowest BCUT2D eigenvalue weighted by Crippen LogP contribution is -2.72. The van der Waals surface area contributed by atoms with Crippen molar-refractivity contribution < 1.29 is 4.79 Å². The second-order valence-corrected chi connectivity index (χ2v) is 6.75. The molecule has 4 heterocycles. The normalized spacial score (nSPS) is 20.6. The maximum absolute atomic E-state index is 12.4. The first kappa shape index (κ1) is 12.8. The number of pyridine rings is 1. The molecule has 2 fully saturated rings. The second-order valence-electron chi connectivity index (χ2n) is 6.75. The van der Waals surface area contributed by atoms with E-state index in [1.54, 1.807) is 6.20 Å². The van der Waals surface area contributed by atoms with Crippen molar-refractivity contribution in [3.8, 4) is 0 Å². The smallest absolute Gasteiger partial charge is 0.242 e. The van der Waals surface area contributed by atoms with Crippen LogP contribution in [0.15, 0.2) is 24.7 Å². The van der Waals surface area contributed by atoms with Crippen LogP contribution in [0, 0.1) is 12.3 Å². The number of rotatable bonds is 2. The Morgan fingerprint density at radius 3 is 2.81 bits per heavy atom. The van der Waals surface area contributed by atoms with Crippen molar-refractivity contribution >= 4 is 16.8 Å². The van der Waals surface area contributed by atoms with Crippen molar-refractivity contribution in [3.63, 3.8) is 0 Å². The van der Waals surface area contributed by atoms with Gasteiger partial charge < -0.3 is 14.4 Å². The summed E-state index contributed by atoms with van der Waals surface area (Å²) in [6.45, 7) is 6.61. The van der Waals surface area contributed by atoms with E-state index >= 15 is 0 Å². The van der Waals surface area contributed by atoms with Gasteiger partial charge >= 0.3 is 0 Å². The van der Waals surface area contributed by atoms with E-state index in [0.717, 1.165) is 37.1 Å². The number of carbonyl (C=O) groups excluding carboxylic acids is 1. The lowest BCUT2D eigenvalue weighted by Gasteiger charge is -2.59. The minimum atomic E-state index is 0.226. The fourth-order valence-electron chi connectivity index (χ4n) is 3.93. The molecule has 1 amide bonds. The van der Waals surface area contributed by atoms with Crippen LogP contribution in [0.2, 0.25) is 0 Å². The lowest BCUT2D eigenvalue weighted by atomic mass is 9.73. The maximum atomic E-state index is 12.4. The largest absolute Gasteiger partial charge is 0.340 e. The molecule has 2 saturated heterocycles. The summed E-state index contributed by atoms with van der Waals surface area (Å²) < 4.78 is 2.05. The van der Waals surface area contributed by atoms with Crippen LogP contribution in [0.25, 0.3) is 10.9 Å². The summed E-state index contributed by atoms with van der Waals surface area (Å²) in [6, 6.07) is 1.98. The third kappa shape index (κ3) is 1.95. The third-order valence-electron chi connectivity index (χ3n) is 4.80. The van der Waals surface area contributed by atoms with E-state index in [2.05, 4.69) is 30.1 Å². The molecule has 0 atom stereocenters. The van der Waals surface area contributed by atoms with Crippen LogP contribution in [0.5, 0.6) is 0 Å². The van der Waals surface area contributed by atoms with Gasteiger partial charge in [0.25, 0.3) is 0 Å². The monoisotopic (exact) mass is 284 g/mol. The summed E-state index contributed by atoms with van der Waals surface area (Å²) in [5, 5.41) is 1.13. The predicted octanol–water partition coefficient (Wildman–Crippen LogP) is 1.12. The first-order chi connectivity index (χ1) is 10.1. The van der Waals surface area contributed by atoms with Crippen molar-refractivity contribution in [2.45, 2.75) is 13.5 Å². The van der Waals surface area contributed by atoms with Gasteiger partial charge in [-0.1, -0.05) is 0 Å². The standard InChI is InChI=1S/C16H20N4O/c1-12-6-19(14-3-4-17-5-13(12)14)7-15(21)20-10-16(11-20)8-18(2)9-16/h3-6H,7-11H2,1-2H3. The molecule has 0 aliphatic carbocycles. The molecule has 2 aliphatic rings. The lowest BCUT2D eigenvalue weighted by molar-refractivity contribution is -0.157. The highest BCUT2D eigenvalue weighted by Gasteiger charge is 2.51. The van der Waals surface area contributed by atoms with Crippen molar-refractivity contribution in [3.05, 3.63) is 30.2 Å². The number of hydrogen-bond donors (Lipinski definition) is 0. The van der Waals surface area contributed by atoms with Crippen LogP contribution in [-0.2, 0) is 11.3 Å². The summed E-state index contributed by atoms with van der Waals surface area (Å²) in [7, 11) is 2.14. The Morgan fingerprint density at radius 2 is 2.10 bits per heavy atom. The van der Waals surface area contributed by atoms with Crippen LogP contribution in [0.1, 0.15) is 5.56 Å². The molecule has 110 valence electrons. The molecule has 4 rings (SSSR count). The van der Waals surface area contributed by atoms with E-state index < -0.39 is 0 Å². The zero-order chi connectivity index (χ0) is 14.6. The van der Waals surface area contributed by atoms with E-state index in [1.165, 1.54) is 5.56 Å². The summed E-state index contributed by atoms with van der Waals surface area (Å²) in [5.41, 5.74) is 2.67. The van der Waals surface area contributed by atoms with Crippen LogP contribution < -0.4 is 0 Å². The Labute approximate surface area is 124 Å². The maximum Gasteiger partial charge on any atom is 0.242 e. The number of carbonyl (C=O) groups is 1. The van der Waals surface area contributed by atoms with Gasteiger partial charge in [0.05, 0.1) is 5.52 Å². The average Bonchev–Trinajstić information content (AvgIpc) is 2.69. The molecule has 2 aliphatic heterocycles. The summed E-state index contributed by atoms with van der Waals surface area (Å²) >= 11 is 0. The molecule has 0 saturated carbocycles. The Balaban J connectivity index is 1.47. The van der Waals surface area contributed by atoms with Gasteiger partial charge in [-0.05, 0) is 25.6 Å². The molecule has 0 unspecified atom stereocenters. The minimum absolute atomic E-state index is 0.226. The number of aromatic nitrogens is 2. The number of fused-ring (bicyclic) bond motifs is 1. The Morgan fingerprint density at radius 1 is 1.33 bits per heavy atom. The Hall–Kier alpha value is -1.88.